The van der Waals surface area contributed by atoms with E-state index >= 15 is 0 Å². The molecule has 1 atom stereocenters. The Balaban J connectivity index is 1.68. The van der Waals surface area contributed by atoms with Crippen LogP contribution in [0.15, 0.2) is 35.1 Å². The number of anilines is 1. The number of halogens is 2. The predicted molar refractivity (Wildman–Crippen MR) is 153 cm³/mol. The van der Waals surface area contributed by atoms with Crippen LogP contribution in [-0.4, -0.2) is 56.3 Å². The van der Waals surface area contributed by atoms with Gasteiger partial charge in [-0.3, -0.25) is 9.59 Å². The number of likely N-dealkylation sites (tertiary alicyclic amines) is 1. The van der Waals surface area contributed by atoms with E-state index in [0.29, 0.717) is 33.0 Å². The number of carbonyl (C=O) groups is 1. The third-order valence-electron chi connectivity index (χ3n) is 7.34. The molecular formula is C27H29Cl2N7O3. The van der Waals surface area contributed by atoms with Crippen LogP contribution < -0.4 is 21.9 Å². The first-order chi connectivity index (χ1) is 18.6. The fourth-order valence-corrected chi connectivity index (χ4v) is 5.94. The smallest absolute Gasteiger partial charge is 0.293 e. The van der Waals surface area contributed by atoms with Crippen molar-refractivity contribution in [1.29, 1.82) is 0 Å². The van der Waals surface area contributed by atoms with Crippen LogP contribution in [0.4, 0.5) is 5.82 Å². The topological polar surface area (TPSA) is 134 Å². The molecule has 0 aliphatic carbocycles. The highest BCUT2D eigenvalue weighted by molar-refractivity contribution is 6.39. The average molecular weight is 570 g/mol. The van der Waals surface area contributed by atoms with Crippen LogP contribution in [0.25, 0.3) is 33.5 Å². The van der Waals surface area contributed by atoms with Crippen molar-refractivity contribution in [3.8, 4) is 22.5 Å². The Morgan fingerprint density at radius 3 is 2.41 bits per heavy atom. The van der Waals surface area contributed by atoms with Crippen LogP contribution in [0.1, 0.15) is 35.9 Å². The summed E-state index contributed by atoms with van der Waals surface area (Å²) < 4.78 is 2.79. The minimum absolute atomic E-state index is 0.0801. The number of nitrogen functional groups attached to an aromatic ring is 1. The SMILES string of the molecule is COn1c(=O)c(-c2c(Cl)cccc2Cl)cc2c(N)nc(-c3cc(CC(C)N4CCCC4)n(C)c3C(N)=O)nc21. The second-order valence-corrected chi connectivity index (χ2v) is 10.5. The van der Waals surface area contributed by atoms with Gasteiger partial charge in [-0.2, -0.15) is 0 Å². The van der Waals surface area contributed by atoms with E-state index in [2.05, 4.69) is 21.8 Å². The zero-order valence-electron chi connectivity index (χ0n) is 21.9. The van der Waals surface area contributed by atoms with E-state index in [1.54, 1.807) is 35.9 Å². The molecule has 1 unspecified atom stereocenters. The molecule has 39 heavy (non-hydrogen) atoms. The van der Waals surface area contributed by atoms with Gasteiger partial charge in [0.25, 0.3) is 11.5 Å². The molecule has 1 fully saturated rings. The lowest BCUT2D eigenvalue weighted by Gasteiger charge is -2.23. The molecule has 1 amide bonds. The minimum atomic E-state index is -0.623. The van der Waals surface area contributed by atoms with Crippen molar-refractivity contribution in [1.82, 2.24) is 24.2 Å². The zero-order valence-corrected chi connectivity index (χ0v) is 23.4. The zero-order chi connectivity index (χ0) is 28.0. The Bertz CT molecular complexity index is 1640. The highest BCUT2D eigenvalue weighted by atomic mass is 35.5. The van der Waals surface area contributed by atoms with Gasteiger partial charge in [0.05, 0.1) is 26.6 Å². The molecule has 10 nitrogen and oxygen atoms in total. The predicted octanol–water partition coefficient (Wildman–Crippen LogP) is 3.54. The number of carbonyl (C=O) groups excluding carboxylic acids is 1. The van der Waals surface area contributed by atoms with Crippen LogP contribution in [0.2, 0.25) is 10.0 Å². The molecule has 0 spiro atoms. The second kappa shape index (κ2) is 10.5. The van der Waals surface area contributed by atoms with E-state index in [1.165, 1.54) is 20.0 Å². The number of pyridine rings is 1. The van der Waals surface area contributed by atoms with Crippen molar-refractivity contribution in [2.24, 2.45) is 12.8 Å². The number of primary amides is 1. The van der Waals surface area contributed by atoms with Crippen LogP contribution >= 0.6 is 23.2 Å². The molecule has 5 rings (SSSR count). The third kappa shape index (κ3) is 4.73. The van der Waals surface area contributed by atoms with Crippen LogP contribution in [0.3, 0.4) is 0 Å². The number of rotatable bonds is 7. The van der Waals surface area contributed by atoms with E-state index in [1.807, 2.05) is 6.07 Å². The van der Waals surface area contributed by atoms with E-state index < -0.39 is 11.5 Å². The summed E-state index contributed by atoms with van der Waals surface area (Å²) in [6.07, 6.45) is 3.08. The summed E-state index contributed by atoms with van der Waals surface area (Å²) in [5.74, 6) is -0.391. The maximum absolute atomic E-state index is 13.5. The Morgan fingerprint density at radius 2 is 1.79 bits per heavy atom. The van der Waals surface area contributed by atoms with Crippen molar-refractivity contribution >= 4 is 46.0 Å². The lowest BCUT2D eigenvalue weighted by molar-refractivity contribution is 0.0992. The maximum Gasteiger partial charge on any atom is 0.293 e. The number of nitrogens with two attached hydrogens (primary N) is 2. The Kier molecular flexibility index (Phi) is 7.28. The molecule has 4 N–H and O–H groups in total. The number of amides is 1. The summed E-state index contributed by atoms with van der Waals surface area (Å²) in [6, 6.07) is 8.64. The van der Waals surface area contributed by atoms with Gasteiger partial charge in [0.1, 0.15) is 18.6 Å². The minimum Gasteiger partial charge on any atom is -0.412 e. The van der Waals surface area contributed by atoms with Crippen molar-refractivity contribution in [3.63, 3.8) is 0 Å². The summed E-state index contributed by atoms with van der Waals surface area (Å²) in [4.78, 5) is 43.1. The molecule has 0 saturated carbocycles. The van der Waals surface area contributed by atoms with E-state index in [0.717, 1.165) is 23.5 Å². The molecule has 4 heterocycles. The summed E-state index contributed by atoms with van der Waals surface area (Å²) in [5, 5.41) is 0.943. The van der Waals surface area contributed by atoms with E-state index in [4.69, 9.17) is 39.5 Å². The van der Waals surface area contributed by atoms with Gasteiger partial charge in [-0.1, -0.05) is 29.3 Å². The molecule has 204 valence electrons. The average Bonchev–Trinajstić information content (AvgIpc) is 3.53. The number of hydrogen-bond donors (Lipinski definition) is 2. The van der Waals surface area contributed by atoms with Gasteiger partial charge in [0, 0.05) is 30.8 Å². The van der Waals surface area contributed by atoms with Gasteiger partial charge in [0.2, 0.25) is 0 Å². The van der Waals surface area contributed by atoms with E-state index in [9.17, 15) is 9.59 Å². The van der Waals surface area contributed by atoms with Crippen molar-refractivity contribution in [3.05, 3.63) is 62.1 Å². The molecular weight excluding hydrogens is 541 g/mol. The van der Waals surface area contributed by atoms with Gasteiger partial charge in [-0.15, -0.1) is 4.73 Å². The fraction of sp³-hybridized carbons (Fsp3) is 0.333. The van der Waals surface area contributed by atoms with Crippen LogP contribution in [0.5, 0.6) is 0 Å². The molecule has 1 aliphatic rings. The molecule has 3 aromatic heterocycles. The summed E-state index contributed by atoms with van der Waals surface area (Å²) in [7, 11) is 3.14. The molecule has 4 aromatic rings. The summed E-state index contributed by atoms with van der Waals surface area (Å²) in [6.45, 7) is 4.29. The molecule has 12 heteroatoms. The number of aromatic nitrogens is 4. The molecule has 0 radical (unpaired) electrons. The first kappa shape index (κ1) is 27.0. The lowest BCUT2D eigenvalue weighted by Crippen LogP contribution is -2.32. The van der Waals surface area contributed by atoms with Gasteiger partial charge in [-0.05, 0) is 57.1 Å². The number of hydrogen-bond acceptors (Lipinski definition) is 7. The largest absolute Gasteiger partial charge is 0.412 e. The summed E-state index contributed by atoms with van der Waals surface area (Å²) >= 11 is 12.8. The molecule has 0 bridgehead atoms. The highest BCUT2D eigenvalue weighted by Crippen LogP contribution is 2.35. The molecule has 1 aromatic carbocycles. The van der Waals surface area contributed by atoms with Crippen molar-refractivity contribution in [2.75, 3.05) is 25.9 Å². The lowest BCUT2D eigenvalue weighted by atomic mass is 10.1. The Hall–Kier alpha value is -3.60. The monoisotopic (exact) mass is 569 g/mol. The van der Waals surface area contributed by atoms with Crippen molar-refractivity contribution < 1.29 is 9.63 Å². The summed E-state index contributed by atoms with van der Waals surface area (Å²) in [5.41, 5.74) is 13.9. The van der Waals surface area contributed by atoms with Gasteiger partial charge in [0.15, 0.2) is 11.5 Å². The normalized spacial score (nSPS) is 14.7. The highest BCUT2D eigenvalue weighted by Gasteiger charge is 2.26. The Morgan fingerprint density at radius 1 is 1.13 bits per heavy atom. The molecule has 1 saturated heterocycles. The first-order valence-electron chi connectivity index (χ1n) is 12.6. The number of fused-ring (bicyclic) bond motifs is 1. The van der Waals surface area contributed by atoms with Gasteiger partial charge < -0.3 is 25.8 Å². The quantitative estimate of drug-likeness (QED) is 0.347. The fourth-order valence-electron chi connectivity index (χ4n) is 5.34. The van der Waals surface area contributed by atoms with Crippen LogP contribution in [-0.2, 0) is 13.5 Å². The molecule has 1 aliphatic heterocycles. The maximum atomic E-state index is 13.5. The van der Waals surface area contributed by atoms with Crippen molar-refractivity contribution in [2.45, 2.75) is 32.2 Å². The number of nitrogens with zero attached hydrogens (tertiary/aromatic N) is 5. The standard InChI is InChI=1S/C27H29Cl2N7O3/c1-14(35-9-4-5-10-35)11-15-12-17(22(24(31)37)34(15)2)25-32-23(30)18-13-16(21-19(28)7-6-8-20(21)29)27(38)36(39-3)26(18)33-25/h6-8,12-14H,4-5,9-11H2,1-3H3,(H2,31,37)(H2,30,32,33). The van der Waals surface area contributed by atoms with Gasteiger partial charge in [-0.25, -0.2) is 9.97 Å². The Labute approximate surface area is 235 Å². The first-order valence-corrected chi connectivity index (χ1v) is 13.3. The van der Waals surface area contributed by atoms with Gasteiger partial charge >= 0.3 is 0 Å². The van der Waals surface area contributed by atoms with E-state index in [-0.39, 0.29) is 34.6 Å². The number of benzene rings is 1. The van der Waals surface area contributed by atoms with Crippen LogP contribution in [0, 0.1) is 0 Å². The second-order valence-electron chi connectivity index (χ2n) is 9.72. The third-order valence-corrected chi connectivity index (χ3v) is 7.97.